The van der Waals surface area contributed by atoms with Gasteiger partial charge < -0.3 is 9.26 Å². The van der Waals surface area contributed by atoms with Gasteiger partial charge in [-0.15, -0.1) is 11.3 Å². The summed E-state index contributed by atoms with van der Waals surface area (Å²) in [6.45, 7) is 15.6. The number of ether oxygens (including phenoxy) is 1. The summed E-state index contributed by atoms with van der Waals surface area (Å²) in [6, 6.07) is 4.14. The van der Waals surface area contributed by atoms with E-state index in [1.54, 1.807) is 16.9 Å². The molecule has 2 aliphatic rings. The third-order valence-corrected chi connectivity index (χ3v) is 7.90. The van der Waals surface area contributed by atoms with E-state index in [-0.39, 0.29) is 0 Å². The van der Waals surface area contributed by atoms with Crippen LogP contribution in [0.25, 0.3) is 22.2 Å². The van der Waals surface area contributed by atoms with Crippen LogP contribution in [0.1, 0.15) is 53.3 Å². The van der Waals surface area contributed by atoms with Gasteiger partial charge in [-0.05, 0) is 92.2 Å². The van der Waals surface area contributed by atoms with Crippen molar-refractivity contribution >= 4 is 11.3 Å². The van der Waals surface area contributed by atoms with E-state index in [4.69, 9.17) is 14.2 Å². The average Bonchev–Trinajstić information content (AvgIpc) is 3.15. The number of rotatable bonds is 5. The van der Waals surface area contributed by atoms with Crippen molar-refractivity contribution in [3.8, 4) is 27.9 Å². The molecule has 0 saturated heterocycles. The molecule has 0 spiro atoms. The highest BCUT2D eigenvalue weighted by molar-refractivity contribution is 7.15. The van der Waals surface area contributed by atoms with Crippen LogP contribution in [0.3, 0.4) is 0 Å². The van der Waals surface area contributed by atoms with Crippen molar-refractivity contribution in [1.82, 2.24) is 10.1 Å². The predicted molar refractivity (Wildman–Crippen MR) is 116 cm³/mol. The summed E-state index contributed by atoms with van der Waals surface area (Å²) in [5, 5.41) is 4.30. The van der Waals surface area contributed by atoms with Crippen molar-refractivity contribution < 1.29 is 9.26 Å². The zero-order valence-electron chi connectivity index (χ0n) is 17.8. The van der Waals surface area contributed by atoms with E-state index in [1.165, 1.54) is 15.3 Å². The predicted octanol–water partition coefficient (Wildman–Crippen LogP) is 6.29. The summed E-state index contributed by atoms with van der Waals surface area (Å²) in [5.41, 5.74) is 6.57. The van der Waals surface area contributed by atoms with Crippen LogP contribution >= 0.6 is 11.3 Å². The molecule has 5 heteroatoms. The Hall–Kier alpha value is -2.14. The van der Waals surface area contributed by atoms with Gasteiger partial charge in [0.15, 0.2) is 0 Å². The standard InChI is InChI=1S/C24H27N2O2S/c1-7-8-27-20-12(2)9-15(10-13(20)3)22-25-23(28-26-22)21-16-11-17-19(24(17,5)6)18(16)14(4)29-21/h9-10,17,19H,1,7-8,11H2,2-6H3/t17-,19-/m1/s1. The Morgan fingerprint density at radius 2 is 1.97 bits per heavy atom. The number of aryl methyl sites for hydroxylation is 3. The first-order valence-electron chi connectivity index (χ1n) is 10.3. The van der Waals surface area contributed by atoms with Crippen molar-refractivity contribution in [1.29, 1.82) is 0 Å². The minimum atomic E-state index is 0.447. The molecule has 29 heavy (non-hydrogen) atoms. The Morgan fingerprint density at radius 1 is 1.24 bits per heavy atom. The Balaban J connectivity index is 1.47. The van der Waals surface area contributed by atoms with Crippen molar-refractivity contribution in [3.05, 3.63) is 46.2 Å². The van der Waals surface area contributed by atoms with Crippen LogP contribution in [-0.2, 0) is 6.42 Å². The molecule has 5 rings (SSSR count). The highest BCUT2D eigenvalue weighted by atomic mass is 32.1. The molecule has 2 aromatic heterocycles. The number of fused-ring (bicyclic) bond motifs is 3. The zero-order valence-corrected chi connectivity index (χ0v) is 18.6. The molecule has 0 amide bonds. The number of nitrogens with zero attached hydrogens (tertiary/aromatic N) is 2. The van der Waals surface area contributed by atoms with Gasteiger partial charge in [0.2, 0.25) is 5.82 Å². The van der Waals surface area contributed by atoms with E-state index < -0.39 is 0 Å². The molecule has 2 atom stereocenters. The fourth-order valence-electron chi connectivity index (χ4n) is 5.22. The second-order valence-corrected chi connectivity index (χ2v) is 10.3. The molecule has 0 unspecified atom stereocenters. The molecule has 1 fully saturated rings. The van der Waals surface area contributed by atoms with E-state index in [2.05, 4.69) is 58.8 Å². The van der Waals surface area contributed by atoms with E-state index >= 15 is 0 Å². The maximum absolute atomic E-state index is 5.84. The van der Waals surface area contributed by atoms with Crippen molar-refractivity contribution in [2.45, 2.75) is 53.4 Å². The molecule has 0 N–H and O–H groups in total. The van der Waals surface area contributed by atoms with E-state index in [0.29, 0.717) is 29.7 Å². The minimum Gasteiger partial charge on any atom is -0.493 e. The fourth-order valence-corrected chi connectivity index (χ4v) is 6.37. The van der Waals surface area contributed by atoms with Crippen molar-refractivity contribution in [2.75, 3.05) is 6.61 Å². The van der Waals surface area contributed by atoms with Crippen LogP contribution < -0.4 is 4.74 Å². The summed E-state index contributed by atoms with van der Waals surface area (Å²) in [5.74, 6) is 3.70. The van der Waals surface area contributed by atoms with E-state index in [1.807, 2.05) is 0 Å². The third kappa shape index (κ3) is 2.77. The quantitative estimate of drug-likeness (QED) is 0.499. The van der Waals surface area contributed by atoms with Crippen LogP contribution in [-0.4, -0.2) is 16.7 Å². The number of hydrogen-bond donors (Lipinski definition) is 0. The number of hydrogen-bond acceptors (Lipinski definition) is 5. The first kappa shape index (κ1) is 18.9. The third-order valence-electron chi connectivity index (χ3n) is 6.75. The van der Waals surface area contributed by atoms with Gasteiger partial charge in [-0.3, -0.25) is 0 Å². The minimum absolute atomic E-state index is 0.447. The molecule has 151 valence electrons. The fraction of sp³-hybridized carbons (Fsp3) is 0.458. The Labute approximate surface area is 176 Å². The van der Waals surface area contributed by atoms with Gasteiger partial charge in [-0.25, -0.2) is 0 Å². The molecule has 1 aromatic carbocycles. The maximum Gasteiger partial charge on any atom is 0.268 e. The van der Waals surface area contributed by atoms with E-state index in [0.717, 1.165) is 41.2 Å². The molecule has 0 bridgehead atoms. The lowest BCUT2D eigenvalue weighted by Gasteiger charge is -2.12. The van der Waals surface area contributed by atoms with Gasteiger partial charge in [0.1, 0.15) is 5.75 Å². The van der Waals surface area contributed by atoms with Crippen LogP contribution in [0, 0.1) is 39.0 Å². The normalized spacial score (nSPS) is 21.2. The van der Waals surface area contributed by atoms with Crippen molar-refractivity contribution in [3.63, 3.8) is 0 Å². The largest absolute Gasteiger partial charge is 0.493 e. The molecule has 3 aromatic rings. The SMILES string of the molecule is [CH2]CCOc1c(C)cc(-c2noc(-c3sc(C)c4c3C[C@@H]3[C@H]4C3(C)C)n2)cc1C. The summed E-state index contributed by atoms with van der Waals surface area (Å²) in [7, 11) is 0. The molecule has 4 nitrogen and oxygen atoms in total. The number of aromatic nitrogens is 2. The number of thiophene rings is 1. The Bertz CT molecular complexity index is 1090. The number of benzene rings is 1. The molecule has 0 aliphatic heterocycles. The second-order valence-electron chi connectivity index (χ2n) is 9.05. The molecule has 1 radical (unpaired) electrons. The van der Waals surface area contributed by atoms with Crippen LogP contribution in [0.15, 0.2) is 16.7 Å². The zero-order chi connectivity index (χ0) is 20.5. The van der Waals surface area contributed by atoms with Crippen LogP contribution in [0.4, 0.5) is 0 Å². The second kappa shape index (κ2) is 6.43. The molecule has 2 aliphatic carbocycles. The summed E-state index contributed by atoms with van der Waals surface area (Å²) in [4.78, 5) is 7.35. The van der Waals surface area contributed by atoms with E-state index in [9.17, 15) is 0 Å². The van der Waals surface area contributed by atoms with Gasteiger partial charge >= 0.3 is 0 Å². The van der Waals surface area contributed by atoms with Gasteiger partial charge in [0.25, 0.3) is 5.89 Å². The smallest absolute Gasteiger partial charge is 0.268 e. The lowest BCUT2D eigenvalue weighted by Crippen LogP contribution is -2.00. The highest BCUT2D eigenvalue weighted by Gasteiger charge is 2.63. The summed E-state index contributed by atoms with van der Waals surface area (Å²) in [6.07, 6.45) is 1.89. The topological polar surface area (TPSA) is 48.2 Å². The Morgan fingerprint density at radius 3 is 2.66 bits per heavy atom. The van der Waals surface area contributed by atoms with Gasteiger partial charge in [-0.1, -0.05) is 19.0 Å². The molecule has 1 saturated carbocycles. The van der Waals surface area contributed by atoms with Gasteiger partial charge in [0, 0.05) is 10.4 Å². The maximum atomic E-state index is 5.84. The highest BCUT2D eigenvalue weighted by Crippen LogP contribution is 2.72. The first-order chi connectivity index (χ1) is 13.8. The monoisotopic (exact) mass is 407 g/mol. The van der Waals surface area contributed by atoms with Crippen LogP contribution in [0.2, 0.25) is 0 Å². The molecule has 2 heterocycles. The van der Waals surface area contributed by atoms with Crippen molar-refractivity contribution in [2.24, 2.45) is 11.3 Å². The van der Waals surface area contributed by atoms with Gasteiger partial charge in [-0.2, -0.15) is 4.98 Å². The van der Waals surface area contributed by atoms with Gasteiger partial charge in [0.05, 0.1) is 11.5 Å². The Kier molecular flexibility index (Phi) is 4.18. The summed E-state index contributed by atoms with van der Waals surface area (Å²) >= 11 is 1.81. The molecular weight excluding hydrogens is 380 g/mol. The average molecular weight is 408 g/mol. The first-order valence-corrected chi connectivity index (χ1v) is 11.1. The summed E-state index contributed by atoms with van der Waals surface area (Å²) < 4.78 is 11.6. The lowest BCUT2D eigenvalue weighted by molar-refractivity contribution is 0.320. The molecular formula is C24H27N2O2S. The lowest BCUT2D eigenvalue weighted by atomic mass is 9.95. The van der Waals surface area contributed by atoms with Crippen LogP contribution in [0.5, 0.6) is 5.75 Å².